The first kappa shape index (κ1) is 23.8. The number of hydrogen-bond acceptors (Lipinski definition) is 8. The summed E-state index contributed by atoms with van der Waals surface area (Å²) in [7, 11) is 1.62. The largest absolute Gasteiger partial charge is 0.450 e. The molecule has 32 heavy (non-hydrogen) atoms. The summed E-state index contributed by atoms with van der Waals surface area (Å²) >= 11 is 6.52. The zero-order valence-electron chi connectivity index (χ0n) is 18.5. The maximum Gasteiger partial charge on any atom is 0.409 e. The quantitative estimate of drug-likeness (QED) is 0.482. The van der Waals surface area contributed by atoms with E-state index in [1.165, 1.54) is 21.2 Å². The molecule has 0 atom stereocenters. The van der Waals surface area contributed by atoms with Crippen LogP contribution in [0.2, 0.25) is 0 Å². The van der Waals surface area contributed by atoms with Gasteiger partial charge in [0.15, 0.2) is 0 Å². The maximum absolute atomic E-state index is 12.9. The lowest BCUT2D eigenvalue weighted by atomic mass is 10.0. The van der Waals surface area contributed by atoms with Crippen molar-refractivity contribution in [2.24, 2.45) is 7.05 Å². The second kappa shape index (κ2) is 9.75. The molecule has 0 aromatic carbocycles. The summed E-state index contributed by atoms with van der Waals surface area (Å²) in [6, 6.07) is 2.00. The summed E-state index contributed by atoms with van der Waals surface area (Å²) in [6.45, 7) is 7.94. The number of hydrogen-bond donors (Lipinski definition) is 0. The van der Waals surface area contributed by atoms with Gasteiger partial charge in [-0.25, -0.2) is 4.79 Å². The molecule has 0 unspecified atom stereocenters. The smallest absolute Gasteiger partial charge is 0.409 e. The van der Waals surface area contributed by atoms with Gasteiger partial charge in [-0.05, 0) is 32.4 Å². The number of amides is 2. The van der Waals surface area contributed by atoms with Crippen molar-refractivity contribution in [3.8, 4) is 6.07 Å². The van der Waals surface area contributed by atoms with E-state index in [0.29, 0.717) is 65.5 Å². The summed E-state index contributed by atoms with van der Waals surface area (Å²) in [5, 5.41) is 9.57. The van der Waals surface area contributed by atoms with E-state index >= 15 is 0 Å². The third-order valence-electron chi connectivity index (χ3n) is 5.54. The number of nitrogens with zero attached hydrogens (tertiary/aromatic N) is 5. The van der Waals surface area contributed by atoms with Crippen LogP contribution >= 0.6 is 24.0 Å². The first-order chi connectivity index (χ1) is 15.2. The first-order valence-corrected chi connectivity index (χ1v) is 11.5. The molecule has 2 aliphatic rings. The fourth-order valence-corrected chi connectivity index (χ4v) is 5.18. The number of thioether (sulfide) groups is 1. The number of rotatable bonds is 4. The van der Waals surface area contributed by atoms with Crippen LogP contribution in [0.3, 0.4) is 0 Å². The molecule has 11 heteroatoms. The second-order valence-electron chi connectivity index (χ2n) is 7.31. The Kier molecular flexibility index (Phi) is 7.26. The summed E-state index contributed by atoms with van der Waals surface area (Å²) in [4.78, 5) is 43.3. The molecule has 9 nitrogen and oxygen atoms in total. The lowest BCUT2D eigenvalue weighted by Gasteiger charge is -2.37. The number of aromatic nitrogens is 1. The molecule has 3 heterocycles. The number of piperazine rings is 1. The molecule has 0 aliphatic carbocycles. The van der Waals surface area contributed by atoms with E-state index in [1.54, 1.807) is 31.9 Å². The van der Waals surface area contributed by atoms with E-state index in [0.717, 1.165) is 0 Å². The lowest BCUT2D eigenvalue weighted by Crippen LogP contribution is -2.50. The second-order valence-corrected chi connectivity index (χ2v) is 8.99. The molecule has 1 aromatic heterocycles. The highest BCUT2D eigenvalue weighted by Crippen LogP contribution is 2.35. The van der Waals surface area contributed by atoms with Crippen LogP contribution in [0.15, 0.2) is 9.70 Å². The summed E-state index contributed by atoms with van der Waals surface area (Å²) < 4.78 is 7.01. The minimum Gasteiger partial charge on any atom is -0.450 e. The number of pyridine rings is 1. The van der Waals surface area contributed by atoms with Crippen LogP contribution in [0, 0.1) is 18.3 Å². The number of carbonyl (C=O) groups is 2. The highest BCUT2D eigenvalue weighted by Gasteiger charge is 2.32. The van der Waals surface area contributed by atoms with E-state index in [-0.39, 0.29) is 17.6 Å². The maximum atomic E-state index is 12.9. The van der Waals surface area contributed by atoms with Crippen LogP contribution in [0.4, 0.5) is 10.6 Å². The standard InChI is InChI=1S/C21H25N5O4S2/c1-5-26-19(28)16(32-21(26)31)11-14-13(3)15(12-22)18(27)23(4)17(14)24-7-9-25(10-8-24)20(29)30-6-2/h11H,5-10H2,1-4H3. The topological polar surface area (TPSA) is 98.9 Å². The van der Waals surface area contributed by atoms with Crippen molar-refractivity contribution in [3.63, 3.8) is 0 Å². The third kappa shape index (κ3) is 4.25. The van der Waals surface area contributed by atoms with E-state index < -0.39 is 5.56 Å². The van der Waals surface area contributed by atoms with Gasteiger partial charge in [0.05, 0.1) is 11.5 Å². The highest BCUT2D eigenvalue weighted by molar-refractivity contribution is 8.26. The minimum atomic E-state index is -0.397. The number of ether oxygens (including phenoxy) is 1. The van der Waals surface area contributed by atoms with Crippen LogP contribution in [0.25, 0.3) is 6.08 Å². The third-order valence-corrected chi connectivity index (χ3v) is 6.92. The van der Waals surface area contributed by atoms with Crippen LogP contribution in [0.1, 0.15) is 30.5 Å². The average molecular weight is 476 g/mol. The van der Waals surface area contributed by atoms with Crippen LogP contribution in [0.5, 0.6) is 0 Å². The van der Waals surface area contributed by atoms with Crippen molar-refractivity contribution in [2.45, 2.75) is 20.8 Å². The molecule has 0 radical (unpaired) electrons. The molecule has 1 aromatic rings. The van der Waals surface area contributed by atoms with Crippen molar-refractivity contribution in [2.75, 3.05) is 44.2 Å². The highest BCUT2D eigenvalue weighted by atomic mass is 32.2. The van der Waals surface area contributed by atoms with Crippen molar-refractivity contribution in [1.82, 2.24) is 14.4 Å². The number of thiocarbonyl (C=S) groups is 1. The average Bonchev–Trinajstić information content (AvgIpc) is 3.05. The van der Waals surface area contributed by atoms with Crippen LogP contribution in [-0.2, 0) is 16.6 Å². The van der Waals surface area contributed by atoms with E-state index in [1.807, 2.05) is 17.9 Å². The Labute approximate surface area is 196 Å². The van der Waals surface area contributed by atoms with Gasteiger partial charge in [0.25, 0.3) is 11.5 Å². The van der Waals surface area contributed by atoms with Gasteiger partial charge < -0.3 is 14.5 Å². The van der Waals surface area contributed by atoms with Gasteiger partial charge in [0.1, 0.15) is 21.8 Å². The number of likely N-dealkylation sites (N-methyl/N-ethyl adjacent to an activating group) is 1. The molecule has 2 saturated heterocycles. The Morgan fingerprint density at radius 3 is 2.44 bits per heavy atom. The van der Waals surface area contributed by atoms with Crippen molar-refractivity contribution in [3.05, 3.63) is 31.9 Å². The molecule has 3 rings (SSSR count). The van der Waals surface area contributed by atoms with Crippen LogP contribution < -0.4 is 10.5 Å². The van der Waals surface area contributed by atoms with Gasteiger partial charge >= 0.3 is 6.09 Å². The van der Waals surface area contributed by atoms with Gasteiger partial charge in [-0.2, -0.15) is 5.26 Å². The summed E-state index contributed by atoms with van der Waals surface area (Å²) in [6.07, 6.45) is 1.36. The predicted octanol–water partition coefficient (Wildman–Crippen LogP) is 2.06. The molecule has 0 N–H and O–H groups in total. The van der Waals surface area contributed by atoms with Crippen molar-refractivity contribution in [1.29, 1.82) is 5.26 Å². The Hall–Kier alpha value is -2.84. The number of nitriles is 1. The lowest BCUT2D eigenvalue weighted by molar-refractivity contribution is -0.121. The van der Waals surface area contributed by atoms with Gasteiger partial charge in [0, 0.05) is 45.3 Å². The van der Waals surface area contributed by atoms with E-state index in [2.05, 4.69) is 0 Å². The molecule has 0 bridgehead atoms. The first-order valence-electron chi connectivity index (χ1n) is 10.3. The fraction of sp³-hybridized carbons (Fsp3) is 0.476. The minimum absolute atomic E-state index is 0.0404. The summed E-state index contributed by atoms with van der Waals surface area (Å²) in [5.41, 5.74) is 0.787. The van der Waals surface area contributed by atoms with E-state index in [4.69, 9.17) is 17.0 Å². The molecule has 170 valence electrons. The molecular formula is C21H25N5O4S2. The van der Waals surface area contributed by atoms with Gasteiger partial charge in [0.2, 0.25) is 0 Å². The Bertz CT molecular complexity index is 1100. The monoisotopic (exact) mass is 475 g/mol. The summed E-state index contributed by atoms with van der Waals surface area (Å²) in [5.74, 6) is 0.420. The Morgan fingerprint density at radius 2 is 1.91 bits per heavy atom. The van der Waals surface area contributed by atoms with Gasteiger partial charge in [-0.15, -0.1) is 0 Å². The molecule has 0 spiro atoms. The zero-order chi connectivity index (χ0) is 23.6. The van der Waals surface area contributed by atoms with Crippen molar-refractivity contribution >= 4 is 52.2 Å². The number of anilines is 1. The molecule has 2 fully saturated rings. The van der Waals surface area contributed by atoms with Crippen molar-refractivity contribution < 1.29 is 14.3 Å². The normalized spacial score (nSPS) is 17.8. The molecule has 2 aliphatic heterocycles. The molecule has 2 amide bonds. The van der Waals surface area contributed by atoms with Gasteiger partial charge in [-0.3, -0.25) is 19.1 Å². The fourth-order valence-electron chi connectivity index (χ4n) is 3.81. The predicted molar refractivity (Wildman–Crippen MR) is 127 cm³/mol. The number of carbonyl (C=O) groups excluding carboxylic acids is 2. The Balaban J connectivity index is 2.06. The zero-order valence-corrected chi connectivity index (χ0v) is 20.1. The van der Waals surface area contributed by atoms with Crippen LogP contribution in [-0.4, -0.2) is 70.0 Å². The molecule has 0 saturated carbocycles. The molecular weight excluding hydrogens is 450 g/mol. The van der Waals surface area contributed by atoms with Gasteiger partial charge in [-0.1, -0.05) is 24.0 Å². The van der Waals surface area contributed by atoms with E-state index in [9.17, 15) is 19.6 Å². The Morgan fingerprint density at radius 1 is 1.25 bits per heavy atom. The SMILES string of the molecule is CCOC(=O)N1CCN(c2c(C=C3SC(=S)N(CC)C3=O)c(C)c(C#N)c(=O)n2C)CC1.